The van der Waals surface area contributed by atoms with E-state index in [0.717, 1.165) is 16.3 Å². The number of aromatic amines is 1. The molecule has 1 saturated heterocycles. The van der Waals surface area contributed by atoms with Crippen LogP contribution in [0.1, 0.15) is 25.1 Å². The van der Waals surface area contributed by atoms with Gasteiger partial charge in [-0.15, -0.1) is 0 Å². The number of ether oxygens (including phenoxy) is 1. The normalized spacial score (nSPS) is 25.2. The van der Waals surface area contributed by atoms with Gasteiger partial charge in [-0.3, -0.25) is 19.1 Å². The third-order valence-electron chi connectivity index (χ3n) is 3.17. The Labute approximate surface area is 123 Å². The van der Waals surface area contributed by atoms with Crippen LogP contribution in [0.25, 0.3) is 0 Å². The molecule has 3 N–H and O–H groups in total. The topological polar surface area (TPSA) is 122 Å². The molecule has 8 nitrogen and oxygen atoms in total. The van der Waals surface area contributed by atoms with Gasteiger partial charge in [-0.2, -0.15) is 0 Å². The zero-order chi connectivity index (χ0) is 15.6. The number of carbonyl (C=O) groups excluding carboxylic acids is 1. The average Bonchev–Trinajstić information content (AvgIpc) is 2.78. The first-order valence-electron chi connectivity index (χ1n) is 6.34. The summed E-state index contributed by atoms with van der Waals surface area (Å²) in [6.07, 6.45) is -0.939. The monoisotopic (exact) mass is 316 g/mol. The minimum atomic E-state index is -0.881. The third kappa shape index (κ3) is 3.62. The molecule has 1 aromatic rings. The van der Waals surface area contributed by atoms with Gasteiger partial charge in [0, 0.05) is 30.9 Å². The summed E-state index contributed by atoms with van der Waals surface area (Å²) in [6.45, 7) is 1.03. The number of hydrogen-bond acceptors (Lipinski definition) is 7. The Balaban J connectivity index is 2.28. The largest absolute Gasteiger partial charge is 0.394 e. The summed E-state index contributed by atoms with van der Waals surface area (Å²) in [5.74, 6) is 0.143. The van der Waals surface area contributed by atoms with Crippen molar-refractivity contribution in [1.82, 2.24) is 9.55 Å². The van der Waals surface area contributed by atoms with Crippen molar-refractivity contribution in [3.05, 3.63) is 32.6 Å². The summed E-state index contributed by atoms with van der Waals surface area (Å²) in [5, 5.41) is 18.6. The van der Waals surface area contributed by atoms with Gasteiger partial charge in [0.05, 0.1) is 12.7 Å². The lowest BCUT2D eigenvalue weighted by Gasteiger charge is -2.15. The van der Waals surface area contributed by atoms with E-state index in [-0.39, 0.29) is 29.5 Å². The zero-order valence-corrected chi connectivity index (χ0v) is 12.1. The fourth-order valence-corrected chi connectivity index (χ4v) is 2.64. The Bertz CT molecular complexity index is 639. The number of nitrogens with one attached hydrogen (secondary N) is 1. The summed E-state index contributed by atoms with van der Waals surface area (Å²) >= 11 is 0.957. The molecule has 0 unspecified atom stereocenters. The Hall–Kier alpha value is -1.42. The second-order valence-electron chi connectivity index (χ2n) is 4.72. The van der Waals surface area contributed by atoms with Crippen LogP contribution in [-0.2, 0) is 15.3 Å². The predicted octanol–water partition coefficient (Wildman–Crippen LogP) is -1.04. The lowest BCUT2D eigenvalue weighted by Crippen LogP contribution is -2.34. The first-order valence-corrected chi connectivity index (χ1v) is 7.33. The molecule has 3 atom stereocenters. The van der Waals surface area contributed by atoms with Gasteiger partial charge in [0.25, 0.3) is 5.56 Å². The van der Waals surface area contributed by atoms with E-state index in [1.54, 1.807) is 0 Å². The standard InChI is InChI=1S/C12H16N2O6S/c1-6(16)21-5-7-3-14(12(19)13-11(7)18)10-2-8(17)9(4-15)20-10/h3,8-10,15,17H,2,4-5H2,1H3,(H,13,18,19)/t8-,9+,10+/m0/s1. The Morgan fingerprint density at radius 3 is 2.86 bits per heavy atom. The molecular weight excluding hydrogens is 300 g/mol. The Morgan fingerprint density at radius 2 is 2.29 bits per heavy atom. The fourth-order valence-electron chi connectivity index (χ4n) is 2.07. The van der Waals surface area contributed by atoms with Crippen LogP contribution in [0, 0.1) is 0 Å². The Morgan fingerprint density at radius 1 is 1.57 bits per heavy atom. The van der Waals surface area contributed by atoms with Gasteiger partial charge in [-0.1, -0.05) is 11.8 Å². The van der Waals surface area contributed by atoms with Crippen molar-refractivity contribution >= 4 is 16.9 Å². The second-order valence-corrected chi connectivity index (χ2v) is 5.87. The van der Waals surface area contributed by atoms with Crippen molar-refractivity contribution in [2.45, 2.75) is 37.5 Å². The van der Waals surface area contributed by atoms with Crippen LogP contribution >= 0.6 is 11.8 Å². The van der Waals surface area contributed by atoms with Crippen molar-refractivity contribution in [2.24, 2.45) is 0 Å². The highest BCUT2D eigenvalue weighted by atomic mass is 32.2. The van der Waals surface area contributed by atoms with E-state index in [1.165, 1.54) is 13.1 Å². The predicted molar refractivity (Wildman–Crippen MR) is 74.9 cm³/mol. The number of H-pyrrole nitrogens is 1. The van der Waals surface area contributed by atoms with E-state index in [2.05, 4.69) is 4.98 Å². The number of nitrogens with zero attached hydrogens (tertiary/aromatic N) is 1. The van der Waals surface area contributed by atoms with Crippen LogP contribution < -0.4 is 11.2 Å². The van der Waals surface area contributed by atoms with Gasteiger partial charge in [-0.05, 0) is 0 Å². The van der Waals surface area contributed by atoms with E-state index in [0.29, 0.717) is 0 Å². The molecule has 2 rings (SSSR count). The second kappa shape index (κ2) is 6.56. The maximum Gasteiger partial charge on any atom is 0.330 e. The van der Waals surface area contributed by atoms with Crippen molar-refractivity contribution in [2.75, 3.05) is 6.61 Å². The molecule has 1 aliphatic heterocycles. The van der Waals surface area contributed by atoms with Crippen LogP contribution in [0.3, 0.4) is 0 Å². The maximum absolute atomic E-state index is 11.8. The molecule has 1 aliphatic rings. The van der Waals surface area contributed by atoms with E-state index in [9.17, 15) is 19.5 Å². The summed E-state index contributed by atoms with van der Waals surface area (Å²) in [4.78, 5) is 36.6. The summed E-state index contributed by atoms with van der Waals surface area (Å²) in [6, 6.07) is 0. The molecule has 21 heavy (non-hydrogen) atoms. The molecule has 2 heterocycles. The minimum absolute atomic E-state index is 0.135. The van der Waals surface area contributed by atoms with Crippen LogP contribution in [0.15, 0.2) is 15.8 Å². The molecule has 0 spiro atoms. The molecule has 1 aromatic heterocycles. The van der Waals surface area contributed by atoms with E-state index in [1.807, 2.05) is 0 Å². The fraction of sp³-hybridized carbons (Fsp3) is 0.583. The number of aliphatic hydroxyl groups is 2. The first kappa shape index (κ1) is 16.0. The zero-order valence-electron chi connectivity index (χ0n) is 11.3. The van der Waals surface area contributed by atoms with Crippen LogP contribution in [-0.4, -0.2) is 43.7 Å². The molecule has 0 saturated carbocycles. The molecule has 0 aromatic carbocycles. The number of aromatic nitrogens is 2. The van der Waals surface area contributed by atoms with Crippen molar-refractivity contribution in [3.63, 3.8) is 0 Å². The van der Waals surface area contributed by atoms with E-state index in [4.69, 9.17) is 9.84 Å². The maximum atomic E-state index is 11.8. The highest BCUT2D eigenvalue weighted by Gasteiger charge is 2.35. The van der Waals surface area contributed by atoms with E-state index >= 15 is 0 Å². The van der Waals surface area contributed by atoms with Gasteiger partial charge in [-0.25, -0.2) is 4.79 Å². The molecular formula is C12H16N2O6S. The van der Waals surface area contributed by atoms with Gasteiger partial charge in [0.1, 0.15) is 12.3 Å². The number of aliphatic hydroxyl groups excluding tert-OH is 2. The van der Waals surface area contributed by atoms with Crippen LogP contribution in [0.5, 0.6) is 0 Å². The summed E-state index contributed by atoms with van der Waals surface area (Å²) < 4.78 is 6.54. The Kier molecular flexibility index (Phi) is 4.99. The molecule has 0 radical (unpaired) electrons. The van der Waals surface area contributed by atoms with Crippen molar-refractivity contribution < 1.29 is 19.7 Å². The van der Waals surface area contributed by atoms with Gasteiger partial charge >= 0.3 is 5.69 Å². The van der Waals surface area contributed by atoms with Gasteiger partial charge in [0.2, 0.25) is 0 Å². The summed E-state index contributed by atoms with van der Waals surface area (Å²) in [5.41, 5.74) is -0.949. The highest BCUT2D eigenvalue weighted by Crippen LogP contribution is 2.27. The molecule has 9 heteroatoms. The molecule has 0 amide bonds. The lowest BCUT2D eigenvalue weighted by atomic mass is 10.2. The highest BCUT2D eigenvalue weighted by molar-refractivity contribution is 8.12. The average molecular weight is 316 g/mol. The van der Waals surface area contributed by atoms with Crippen LogP contribution in [0.2, 0.25) is 0 Å². The lowest BCUT2D eigenvalue weighted by molar-refractivity contribution is -0.109. The molecule has 0 aliphatic carbocycles. The van der Waals surface area contributed by atoms with Gasteiger partial charge in [0.15, 0.2) is 5.12 Å². The third-order valence-corrected chi connectivity index (χ3v) is 4.03. The quantitative estimate of drug-likeness (QED) is 0.648. The molecule has 116 valence electrons. The van der Waals surface area contributed by atoms with Gasteiger partial charge < -0.3 is 14.9 Å². The first-order chi connectivity index (χ1) is 9.92. The summed E-state index contributed by atoms with van der Waals surface area (Å²) in [7, 11) is 0. The number of thioether (sulfide) groups is 1. The number of hydrogen-bond donors (Lipinski definition) is 3. The van der Waals surface area contributed by atoms with Crippen LogP contribution in [0.4, 0.5) is 0 Å². The van der Waals surface area contributed by atoms with E-state index < -0.39 is 29.7 Å². The number of carbonyl (C=O) groups is 1. The smallest absolute Gasteiger partial charge is 0.330 e. The number of rotatable bonds is 4. The SMILES string of the molecule is CC(=O)SCc1cn([C@H]2C[C@H](O)[C@@H](CO)O2)c(=O)[nH]c1=O. The van der Waals surface area contributed by atoms with Crippen molar-refractivity contribution in [1.29, 1.82) is 0 Å². The van der Waals surface area contributed by atoms with Crippen molar-refractivity contribution in [3.8, 4) is 0 Å². The molecule has 1 fully saturated rings. The minimum Gasteiger partial charge on any atom is -0.394 e. The molecule has 0 bridgehead atoms.